The first kappa shape index (κ1) is 32.2. The van der Waals surface area contributed by atoms with Crippen LogP contribution < -0.4 is 20.1 Å². The summed E-state index contributed by atoms with van der Waals surface area (Å²) in [5, 5.41) is 7.38. The monoisotopic (exact) mass is 622 g/mol. The van der Waals surface area contributed by atoms with Gasteiger partial charge in [-0.15, -0.1) is 0 Å². The zero-order chi connectivity index (χ0) is 30.9. The smallest absolute Gasteiger partial charge is 0.307 e. The van der Waals surface area contributed by atoms with Gasteiger partial charge < -0.3 is 24.8 Å². The minimum absolute atomic E-state index is 0.124. The van der Waals surface area contributed by atoms with Gasteiger partial charge in [-0.1, -0.05) is 59.6 Å². The lowest BCUT2D eigenvalue weighted by molar-refractivity contribution is -0.147. The number of nitrogens with zero attached hydrogens (tertiary/aromatic N) is 2. The van der Waals surface area contributed by atoms with Gasteiger partial charge in [0.05, 0.1) is 48.2 Å². The highest BCUT2D eigenvalue weighted by Gasteiger charge is 2.18. The Bertz CT molecular complexity index is 1580. The number of rotatable bonds is 13. The lowest BCUT2D eigenvalue weighted by Gasteiger charge is -2.15. The summed E-state index contributed by atoms with van der Waals surface area (Å²) in [7, 11) is 5.10. The molecule has 0 spiro atoms. The Morgan fingerprint density at radius 1 is 0.907 bits per heavy atom. The molecule has 43 heavy (non-hydrogen) atoms. The van der Waals surface area contributed by atoms with Gasteiger partial charge in [0.25, 0.3) is 0 Å². The van der Waals surface area contributed by atoms with Gasteiger partial charge in [-0.05, 0) is 39.1 Å². The fourth-order valence-corrected chi connectivity index (χ4v) is 5.33. The minimum Gasteiger partial charge on any atom is -0.496 e. The van der Waals surface area contributed by atoms with Gasteiger partial charge in [0.15, 0.2) is 0 Å². The molecule has 8 nitrogen and oxygen atoms in total. The Labute approximate surface area is 262 Å². The fourth-order valence-electron chi connectivity index (χ4n) is 4.69. The number of aromatic nitrogens is 2. The highest BCUT2D eigenvalue weighted by atomic mass is 35.5. The lowest BCUT2D eigenvalue weighted by Crippen LogP contribution is -2.21. The predicted octanol–water partition coefficient (Wildman–Crippen LogP) is 6.95. The van der Waals surface area contributed by atoms with E-state index in [1.165, 1.54) is 0 Å². The van der Waals surface area contributed by atoms with Crippen molar-refractivity contribution in [3.63, 3.8) is 0 Å². The molecule has 0 aliphatic heterocycles. The Morgan fingerprint density at radius 3 is 2.37 bits per heavy atom. The maximum Gasteiger partial charge on any atom is 0.307 e. The Hall–Kier alpha value is -3.69. The largest absolute Gasteiger partial charge is 0.496 e. The molecule has 2 heterocycles. The SMILES string of the molecule is CNCc1ccc(-c2cccc(-c3ccnc(-c4ccc(CNCCC(=O)OC(C)C)c(OC)c4)c3Cl)c2Cl)nc1OC. The van der Waals surface area contributed by atoms with E-state index >= 15 is 0 Å². The van der Waals surface area contributed by atoms with E-state index in [9.17, 15) is 4.79 Å². The van der Waals surface area contributed by atoms with E-state index < -0.39 is 0 Å². The first-order valence-corrected chi connectivity index (χ1v) is 14.7. The molecule has 0 atom stereocenters. The van der Waals surface area contributed by atoms with Crippen LogP contribution in [-0.2, 0) is 22.6 Å². The number of halogens is 2. The second-order valence-electron chi connectivity index (χ2n) is 10.1. The molecule has 2 aromatic carbocycles. The van der Waals surface area contributed by atoms with Crippen LogP contribution in [0.25, 0.3) is 33.6 Å². The van der Waals surface area contributed by atoms with Crippen LogP contribution in [0, 0.1) is 0 Å². The number of nitrogens with one attached hydrogen (secondary N) is 2. The summed E-state index contributed by atoms with van der Waals surface area (Å²) in [6.45, 7) is 5.32. The number of hydrogen-bond donors (Lipinski definition) is 2. The number of carbonyl (C=O) groups is 1. The molecule has 10 heteroatoms. The van der Waals surface area contributed by atoms with E-state index in [1.54, 1.807) is 20.4 Å². The van der Waals surface area contributed by atoms with Crippen LogP contribution in [0.5, 0.6) is 11.6 Å². The minimum atomic E-state index is -0.227. The second-order valence-corrected chi connectivity index (χ2v) is 10.8. The van der Waals surface area contributed by atoms with Crippen molar-refractivity contribution < 1.29 is 19.0 Å². The van der Waals surface area contributed by atoms with Crippen molar-refractivity contribution >= 4 is 29.2 Å². The topological polar surface area (TPSA) is 94.6 Å². The van der Waals surface area contributed by atoms with Crippen LogP contribution in [0.4, 0.5) is 0 Å². The predicted molar refractivity (Wildman–Crippen MR) is 172 cm³/mol. The number of benzene rings is 2. The number of methoxy groups -OCH3 is 2. The molecule has 0 bridgehead atoms. The van der Waals surface area contributed by atoms with Crippen molar-refractivity contribution in [2.24, 2.45) is 0 Å². The van der Waals surface area contributed by atoms with Crippen molar-refractivity contribution in [1.82, 2.24) is 20.6 Å². The number of carbonyl (C=O) groups excluding carboxylic acids is 1. The maximum atomic E-state index is 11.8. The van der Waals surface area contributed by atoms with Crippen LogP contribution in [0.2, 0.25) is 10.0 Å². The molecule has 0 amide bonds. The van der Waals surface area contributed by atoms with Crippen LogP contribution in [0.15, 0.2) is 60.8 Å². The molecule has 0 saturated carbocycles. The number of esters is 1. The fraction of sp³-hybridized carbons (Fsp3) is 0.303. The first-order chi connectivity index (χ1) is 20.8. The molecule has 0 aliphatic carbocycles. The van der Waals surface area contributed by atoms with Crippen molar-refractivity contribution in [2.75, 3.05) is 27.8 Å². The van der Waals surface area contributed by atoms with Gasteiger partial charge in [0.1, 0.15) is 5.75 Å². The quantitative estimate of drug-likeness (QED) is 0.122. The summed E-state index contributed by atoms with van der Waals surface area (Å²) in [5.74, 6) is 0.994. The normalized spacial score (nSPS) is 11.1. The molecule has 226 valence electrons. The highest BCUT2D eigenvalue weighted by Crippen LogP contribution is 2.42. The van der Waals surface area contributed by atoms with Gasteiger partial charge in [0.2, 0.25) is 5.88 Å². The van der Waals surface area contributed by atoms with E-state index in [2.05, 4.69) is 15.6 Å². The van der Waals surface area contributed by atoms with E-state index in [4.69, 9.17) is 42.4 Å². The van der Waals surface area contributed by atoms with Crippen LogP contribution >= 0.6 is 23.2 Å². The molecule has 0 radical (unpaired) electrons. The van der Waals surface area contributed by atoms with Crippen molar-refractivity contribution in [3.8, 4) is 45.3 Å². The van der Waals surface area contributed by atoms with Crippen molar-refractivity contribution in [3.05, 3.63) is 82.0 Å². The second kappa shape index (κ2) is 15.2. The summed E-state index contributed by atoms with van der Waals surface area (Å²) < 4.78 is 16.4. The maximum absolute atomic E-state index is 11.8. The van der Waals surface area contributed by atoms with E-state index in [0.29, 0.717) is 59.1 Å². The molecule has 4 aromatic rings. The standard InChI is InChI=1S/C33H36Cl2N4O4/c1-20(2)43-29(40)14-15-37-19-22-10-9-21(17-28(22)41-4)32-31(35)25(13-16-38-32)24-7-6-8-26(30(24)34)27-12-11-23(18-36-3)33(39-27)42-5/h6-13,16-17,20,36-37H,14-15,18-19H2,1-5H3. The molecule has 0 aliphatic rings. The Kier molecular flexibility index (Phi) is 11.4. The Morgan fingerprint density at radius 2 is 1.65 bits per heavy atom. The summed E-state index contributed by atoms with van der Waals surface area (Å²) in [6.07, 6.45) is 1.88. The van der Waals surface area contributed by atoms with Crippen molar-refractivity contribution in [2.45, 2.75) is 39.5 Å². The molecular weight excluding hydrogens is 587 g/mol. The molecule has 2 N–H and O–H groups in total. The van der Waals surface area contributed by atoms with Gasteiger partial charge in [0, 0.05) is 59.2 Å². The van der Waals surface area contributed by atoms with Gasteiger partial charge >= 0.3 is 5.97 Å². The molecule has 0 saturated heterocycles. The van der Waals surface area contributed by atoms with Crippen LogP contribution in [-0.4, -0.2) is 49.9 Å². The van der Waals surface area contributed by atoms with E-state index in [1.807, 2.05) is 75.5 Å². The summed E-state index contributed by atoms with van der Waals surface area (Å²) >= 11 is 14.0. The third-order valence-corrected chi connectivity index (χ3v) is 7.49. The summed E-state index contributed by atoms with van der Waals surface area (Å²) in [4.78, 5) is 21.1. The zero-order valence-electron chi connectivity index (χ0n) is 25.0. The molecule has 4 rings (SSSR count). The third-order valence-electron chi connectivity index (χ3n) is 6.70. The zero-order valence-corrected chi connectivity index (χ0v) is 26.5. The lowest BCUT2D eigenvalue weighted by atomic mass is 9.99. The molecule has 0 unspecified atom stereocenters. The number of pyridine rings is 2. The number of ether oxygens (including phenoxy) is 3. The van der Waals surface area contributed by atoms with E-state index in [-0.39, 0.29) is 12.1 Å². The highest BCUT2D eigenvalue weighted by molar-refractivity contribution is 6.39. The molecule has 0 fully saturated rings. The van der Waals surface area contributed by atoms with Gasteiger partial charge in [-0.25, -0.2) is 4.98 Å². The van der Waals surface area contributed by atoms with Crippen molar-refractivity contribution in [1.29, 1.82) is 0 Å². The molecule has 2 aromatic heterocycles. The van der Waals surface area contributed by atoms with Crippen LogP contribution in [0.3, 0.4) is 0 Å². The third kappa shape index (κ3) is 7.83. The molecular formula is C33H36Cl2N4O4. The Balaban J connectivity index is 1.60. The first-order valence-electron chi connectivity index (χ1n) is 14.0. The summed E-state index contributed by atoms with van der Waals surface area (Å²) in [5.41, 5.74) is 6.25. The van der Waals surface area contributed by atoms with E-state index in [0.717, 1.165) is 33.4 Å². The van der Waals surface area contributed by atoms with Gasteiger partial charge in [-0.3, -0.25) is 9.78 Å². The number of hydrogen-bond acceptors (Lipinski definition) is 8. The average Bonchev–Trinajstić information content (AvgIpc) is 3.00. The average molecular weight is 624 g/mol. The van der Waals surface area contributed by atoms with Crippen LogP contribution in [0.1, 0.15) is 31.4 Å². The summed E-state index contributed by atoms with van der Waals surface area (Å²) in [6, 6.07) is 17.3. The van der Waals surface area contributed by atoms with Gasteiger partial charge in [-0.2, -0.15) is 0 Å².